The summed E-state index contributed by atoms with van der Waals surface area (Å²) < 4.78 is 0. The number of nitrogens with one attached hydrogen (secondary N) is 2. The third-order valence-corrected chi connectivity index (χ3v) is 7.28. The van der Waals surface area contributed by atoms with Gasteiger partial charge in [-0.25, -0.2) is 4.79 Å². The van der Waals surface area contributed by atoms with Gasteiger partial charge in [0.1, 0.15) is 5.69 Å². The number of H-pyrrole nitrogens is 2. The van der Waals surface area contributed by atoms with E-state index in [4.69, 9.17) is 0 Å². The minimum Gasteiger partial charge on any atom is -0.356 e. The summed E-state index contributed by atoms with van der Waals surface area (Å²) in [4.78, 5) is 38.7. The summed E-state index contributed by atoms with van der Waals surface area (Å²) >= 11 is 0. The molecular formula is C26H26N4O2. The highest BCUT2D eigenvalue weighted by Gasteiger charge is 2.39. The van der Waals surface area contributed by atoms with Crippen LogP contribution in [0.2, 0.25) is 0 Å². The van der Waals surface area contributed by atoms with Crippen molar-refractivity contribution in [3.05, 3.63) is 76.0 Å². The van der Waals surface area contributed by atoms with Crippen molar-refractivity contribution in [2.24, 2.45) is 5.92 Å². The third-order valence-electron chi connectivity index (χ3n) is 7.28. The molecule has 0 bridgehead atoms. The number of amides is 1. The number of carbonyl (C=O) groups is 1. The van der Waals surface area contributed by atoms with Crippen molar-refractivity contribution in [2.75, 3.05) is 6.54 Å². The maximum atomic E-state index is 13.9. The first-order chi connectivity index (χ1) is 15.7. The van der Waals surface area contributed by atoms with Crippen molar-refractivity contribution in [3.8, 4) is 0 Å². The van der Waals surface area contributed by atoms with Gasteiger partial charge in [-0.1, -0.05) is 55.7 Å². The number of hydrogen-bond donors (Lipinski definition) is 2. The smallest absolute Gasteiger partial charge is 0.346 e. The molecule has 6 nitrogen and oxygen atoms in total. The van der Waals surface area contributed by atoms with E-state index in [1.807, 2.05) is 29.2 Å². The fraction of sp³-hybridized carbons (Fsp3) is 0.346. The molecule has 1 atom stereocenters. The molecule has 2 aromatic carbocycles. The SMILES string of the molecule is O=C(c1nc(=O)[nH]c2ccccc12)N1CCc2c([nH]c3ccccc23)[C@@H]1C1CCCCC1. The van der Waals surface area contributed by atoms with E-state index in [1.165, 1.54) is 35.9 Å². The first-order valence-electron chi connectivity index (χ1n) is 11.6. The van der Waals surface area contributed by atoms with Crippen LogP contribution in [0.25, 0.3) is 21.8 Å². The van der Waals surface area contributed by atoms with Crippen LogP contribution in [-0.4, -0.2) is 32.3 Å². The number of carbonyl (C=O) groups excluding carboxylic acids is 1. The average Bonchev–Trinajstić information content (AvgIpc) is 3.21. The molecule has 32 heavy (non-hydrogen) atoms. The summed E-state index contributed by atoms with van der Waals surface area (Å²) in [5.41, 5.74) is 4.06. The van der Waals surface area contributed by atoms with Gasteiger partial charge in [0.2, 0.25) is 0 Å². The van der Waals surface area contributed by atoms with Crippen LogP contribution < -0.4 is 5.69 Å². The highest BCUT2D eigenvalue weighted by atomic mass is 16.2. The number of para-hydroxylation sites is 2. The van der Waals surface area contributed by atoms with Gasteiger partial charge >= 0.3 is 5.69 Å². The molecule has 1 aliphatic carbocycles. The molecule has 1 aliphatic heterocycles. The minimum atomic E-state index is -0.482. The maximum Gasteiger partial charge on any atom is 0.346 e. The molecule has 6 heteroatoms. The van der Waals surface area contributed by atoms with Crippen LogP contribution in [0, 0.1) is 5.92 Å². The minimum absolute atomic E-state index is 0.0150. The van der Waals surface area contributed by atoms with Crippen molar-refractivity contribution in [2.45, 2.75) is 44.6 Å². The second-order valence-corrected chi connectivity index (χ2v) is 9.09. The lowest BCUT2D eigenvalue weighted by atomic mass is 9.79. The van der Waals surface area contributed by atoms with E-state index in [1.54, 1.807) is 0 Å². The van der Waals surface area contributed by atoms with Gasteiger partial charge in [0.25, 0.3) is 5.91 Å². The van der Waals surface area contributed by atoms with Gasteiger partial charge < -0.3 is 14.9 Å². The number of fused-ring (bicyclic) bond motifs is 4. The Balaban J connectivity index is 1.49. The molecule has 2 aliphatic rings. The second kappa shape index (κ2) is 7.62. The van der Waals surface area contributed by atoms with E-state index >= 15 is 0 Å². The van der Waals surface area contributed by atoms with Gasteiger partial charge in [0.15, 0.2) is 0 Å². The lowest BCUT2D eigenvalue weighted by Crippen LogP contribution is -2.44. The van der Waals surface area contributed by atoms with E-state index in [9.17, 15) is 9.59 Å². The molecule has 162 valence electrons. The van der Waals surface area contributed by atoms with E-state index in [0.29, 0.717) is 23.4 Å². The number of aromatic amines is 2. The molecule has 2 N–H and O–H groups in total. The molecule has 6 rings (SSSR count). The Kier molecular flexibility index (Phi) is 4.59. The molecule has 1 saturated carbocycles. The number of benzene rings is 2. The molecule has 3 heterocycles. The average molecular weight is 427 g/mol. The highest BCUT2D eigenvalue weighted by Crippen LogP contribution is 2.44. The predicted molar refractivity (Wildman–Crippen MR) is 125 cm³/mol. The third kappa shape index (κ3) is 3.05. The van der Waals surface area contributed by atoms with Crippen molar-refractivity contribution in [1.82, 2.24) is 19.9 Å². The van der Waals surface area contributed by atoms with Crippen molar-refractivity contribution < 1.29 is 4.79 Å². The fourth-order valence-electron chi connectivity index (χ4n) is 5.84. The Morgan fingerprint density at radius 3 is 2.38 bits per heavy atom. The van der Waals surface area contributed by atoms with E-state index < -0.39 is 5.69 Å². The van der Waals surface area contributed by atoms with Gasteiger partial charge in [0.05, 0.1) is 11.6 Å². The van der Waals surface area contributed by atoms with Gasteiger partial charge in [-0.05, 0) is 42.9 Å². The lowest BCUT2D eigenvalue weighted by Gasteiger charge is -2.41. The normalized spacial score (nSPS) is 19.4. The van der Waals surface area contributed by atoms with Crippen LogP contribution in [0.15, 0.2) is 53.3 Å². The second-order valence-electron chi connectivity index (χ2n) is 9.09. The Labute approximate surface area is 185 Å². The van der Waals surface area contributed by atoms with Crippen molar-refractivity contribution >= 4 is 27.7 Å². The topological polar surface area (TPSA) is 81.8 Å². The lowest BCUT2D eigenvalue weighted by molar-refractivity contribution is 0.0529. The summed E-state index contributed by atoms with van der Waals surface area (Å²) in [7, 11) is 0. The molecule has 0 saturated heterocycles. The summed E-state index contributed by atoms with van der Waals surface area (Å²) in [6, 6.07) is 15.8. The van der Waals surface area contributed by atoms with Gasteiger partial charge in [-0.3, -0.25) is 4.79 Å². The largest absolute Gasteiger partial charge is 0.356 e. The molecule has 0 unspecified atom stereocenters. The Bertz CT molecular complexity index is 1380. The Morgan fingerprint density at radius 1 is 0.906 bits per heavy atom. The van der Waals surface area contributed by atoms with Gasteiger partial charge in [-0.15, -0.1) is 0 Å². The highest BCUT2D eigenvalue weighted by molar-refractivity contribution is 6.04. The molecule has 1 fully saturated rings. The number of aromatic nitrogens is 3. The molecule has 2 aromatic heterocycles. The Hall–Kier alpha value is -3.41. The first kappa shape index (κ1) is 19.3. The number of nitrogens with zero attached hydrogens (tertiary/aromatic N) is 2. The number of rotatable bonds is 2. The van der Waals surface area contributed by atoms with Gasteiger partial charge in [-0.2, -0.15) is 4.98 Å². The van der Waals surface area contributed by atoms with Crippen LogP contribution in [0.3, 0.4) is 0 Å². The van der Waals surface area contributed by atoms with Crippen LogP contribution in [0.4, 0.5) is 0 Å². The van der Waals surface area contributed by atoms with E-state index in [2.05, 4.69) is 39.2 Å². The van der Waals surface area contributed by atoms with Crippen LogP contribution in [0.1, 0.15) is 59.9 Å². The quantitative estimate of drug-likeness (QED) is 0.486. The fourth-order valence-corrected chi connectivity index (χ4v) is 5.84. The molecule has 0 spiro atoms. The van der Waals surface area contributed by atoms with Crippen molar-refractivity contribution in [1.29, 1.82) is 0 Å². The summed E-state index contributed by atoms with van der Waals surface area (Å²) in [6.07, 6.45) is 6.70. The maximum absolute atomic E-state index is 13.9. The standard InChI is InChI=1S/C26H26N4O2/c31-25(23-19-11-5-7-13-21(19)28-26(32)29-23)30-15-14-18-17-10-4-6-12-20(17)27-22(18)24(30)16-8-2-1-3-9-16/h4-7,10-13,16,24,27H,1-3,8-9,14-15H2,(H,28,29,32)/t24-/m0/s1. The molecule has 4 aromatic rings. The van der Waals surface area contributed by atoms with Crippen molar-refractivity contribution in [3.63, 3.8) is 0 Å². The summed E-state index contributed by atoms with van der Waals surface area (Å²) in [5.74, 6) is 0.264. The van der Waals surface area contributed by atoms with E-state index in [-0.39, 0.29) is 17.6 Å². The zero-order valence-electron chi connectivity index (χ0n) is 17.9. The summed E-state index contributed by atoms with van der Waals surface area (Å²) in [6.45, 7) is 0.637. The molecular weight excluding hydrogens is 400 g/mol. The first-order valence-corrected chi connectivity index (χ1v) is 11.6. The van der Waals surface area contributed by atoms with Crippen LogP contribution >= 0.6 is 0 Å². The molecule has 1 amide bonds. The van der Waals surface area contributed by atoms with E-state index in [0.717, 1.165) is 24.8 Å². The summed E-state index contributed by atoms with van der Waals surface area (Å²) in [5, 5.41) is 1.96. The molecule has 0 radical (unpaired) electrons. The van der Waals surface area contributed by atoms with Crippen LogP contribution in [-0.2, 0) is 6.42 Å². The number of hydrogen-bond acceptors (Lipinski definition) is 3. The predicted octanol–water partition coefficient (Wildman–Crippen LogP) is 4.72. The van der Waals surface area contributed by atoms with Gasteiger partial charge in [0, 0.05) is 28.5 Å². The monoisotopic (exact) mass is 426 g/mol. The Morgan fingerprint density at radius 2 is 1.59 bits per heavy atom. The van der Waals surface area contributed by atoms with Crippen LogP contribution in [0.5, 0.6) is 0 Å². The zero-order valence-corrected chi connectivity index (χ0v) is 17.9. The zero-order chi connectivity index (χ0) is 21.7.